The van der Waals surface area contributed by atoms with E-state index in [-0.39, 0.29) is 6.10 Å². The molecule has 1 fully saturated rings. The third kappa shape index (κ3) is 3.16. The van der Waals surface area contributed by atoms with E-state index in [1.807, 2.05) is 11.8 Å². The monoisotopic (exact) mass is 239 g/mol. The molecule has 7 heteroatoms. The molecule has 0 bridgehead atoms. The summed E-state index contributed by atoms with van der Waals surface area (Å²) in [5, 5.41) is 3.76. The van der Waals surface area contributed by atoms with Gasteiger partial charge >= 0.3 is 0 Å². The van der Waals surface area contributed by atoms with E-state index in [0.717, 1.165) is 13.1 Å². The van der Waals surface area contributed by atoms with Gasteiger partial charge in [-0.3, -0.25) is 0 Å². The first-order valence-corrected chi connectivity index (χ1v) is 5.61. The van der Waals surface area contributed by atoms with Gasteiger partial charge in [0.1, 0.15) is 6.54 Å². The molecule has 1 aromatic rings. The Bertz CT molecular complexity index is 403. The Kier molecular flexibility index (Phi) is 3.58. The van der Waals surface area contributed by atoms with Gasteiger partial charge < -0.3 is 19.9 Å². The second-order valence-electron chi connectivity index (χ2n) is 4.03. The van der Waals surface area contributed by atoms with Crippen LogP contribution in [0, 0.1) is 6.92 Å². The molecule has 2 N–H and O–H groups in total. The molecule has 1 saturated heterocycles. The summed E-state index contributed by atoms with van der Waals surface area (Å²) >= 11 is 0. The van der Waals surface area contributed by atoms with Gasteiger partial charge in [0.05, 0.1) is 12.7 Å². The SMILES string of the molecule is Cc1nc(CN=C(N)N2CCOC(C)C2)no1. The Labute approximate surface area is 99.6 Å². The quantitative estimate of drug-likeness (QED) is 0.573. The fourth-order valence-corrected chi connectivity index (χ4v) is 1.68. The van der Waals surface area contributed by atoms with Crippen molar-refractivity contribution in [3.63, 3.8) is 0 Å². The maximum atomic E-state index is 5.90. The van der Waals surface area contributed by atoms with Crippen LogP contribution >= 0.6 is 0 Å². The molecule has 1 aliphatic heterocycles. The number of nitrogens with two attached hydrogens (primary N) is 1. The number of aliphatic imine (C=N–C) groups is 1. The van der Waals surface area contributed by atoms with E-state index in [9.17, 15) is 0 Å². The standard InChI is InChI=1S/C10H17N5O2/c1-7-6-15(3-4-16-7)10(11)12-5-9-13-8(2)17-14-9/h7H,3-6H2,1-2H3,(H2,11,12). The van der Waals surface area contributed by atoms with Crippen molar-refractivity contribution in [2.75, 3.05) is 19.7 Å². The summed E-state index contributed by atoms with van der Waals surface area (Å²) in [4.78, 5) is 10.3. The Morgan fingerprint density at radius 1 is 1.65 bits per heavy atom. The summed E-state index contributed by atoms with van der Waals surface area (Å²) in [6.07, 6.45) is 0.185. The van der Waals surface area contributed by atoms with Gasteiger partial charge in [-0.15, -0.1) is 0 Å². The third-order valence-corrected chi connectivity index (χ3v) is 2.52. The molecule has 17 heavy (non-hydrogen) atoms. The molecule has 0 radical (unpaired) electrons. The maximum Gasteiger partial charge on any atom is 0.223 e. The van der Waals surface area contributed by atoms with Gasteiger partial charge in [0.15, 0.2) is 11.8 Å². The zero-order valence-electron chi connectivity index (χ0n) is 10.1. The highest BCUT2D eigenvalue weighted by Gasteiger charge is 2.18. The van der Waals surface area contributed by atoms with Crippen LogP contribution in [0.2, 0.25) is 0 Å². The van der Waals surface area contributed by atoms with Gasteiger partial charge in [0, 0.05) is 20.0 Å². The molecular formula is C10H17N5O2. The van der Waals surface area contributed by atoms with E-state index in [1.54, 1.807) is 6.92 Å². The molecule has 2 heterocycles. The zero-order chi connectivity index (χ0) is 12.3. The predicted molar refractivity (Wildman–Crippen MR) is 61.3 cm³/mol. The van der Waals surface area contributed by atoms with Gasteiger partial charge in [-0.2, -0.15) is 4.98 Å². The summed E-state index contributed by atoms with van der Waals surface area (Å²) in [6.45, 7) is 6.31. The first-order valence-electron chi connectivity index (χ1n) is 5.61. The van der Waals surface area contributed by atoms with Crippen LogP contribution in [0.25, 0.3) is 0 Å². The lowest BCUT2D eigenvalue weighted by atomic mass is 10.3. The largest absolute Gasteiger partial charge is 0.375 e. The van der Waals surface area contributed by atoms with Crippen molar-refractivity contribution in [2.45, 2.75) is 26.5 Å². The molecule has 1 atom stereocenters. The summed E-state index contributed by atoms with van der Waals surface area (Å²) in [5.74, 6) is 1.59. The highest BCUT2D eigenvalue weighted by molar-refractivity contribution is 5.78. The van der Waals surface area contributed by atoms with Gasteiger partial charge in [-0.1, -0.05) is 5.16 Å². The van der Waals surface area contributed by atoms with Crippen LogP contribution in [0.1, 0.15) is 18.6 Å². The first-order chi connectivity index (χ1) is 8.15. The molecule has 0 aliphatic carbocycles. The summed E-state index contributed by atoms with van der Waals surface area (Å²) in [7, 11) is 0. The number of nitrogens with zero attached hydrogens (tertiary/aromatic N) is 4. The molecule has 2 rings (SSSR count). The van der Waals surface area contributed by atoms with Gasteiger partial charge in [0.2, 0.25) is 5.89 Å². The van der Waals surface area contributed by atoms with Crippen molar-refractivity contribution in [3.05, 3.63) is 11.7 Å². The van der Waals surface area contributed by atoms with E-state index in [0.29, 0.717) is 30.8 Å². The minimum atomic E-state index is 0.185. The summed E-state index contributed by atoms with van der Waals surface area (Å²) in [5.41, 5.74) is 5.90. The molecule has 1 unspecified atom stereocenters. The van der Waals surface area contributed by atoms with Gasteiger partial charge in [-0.25, -0.2) is 4.99 Å². The van der Waals surface area contributed by atoms with Crippen LogP contribution in [0.5, 0.6) is 0 Å². The van der Waals surface area contributed by atoms with Crippen LogP contribution in [-0.2, 0) is 11.3 Å². The van der Waals surface area contributed by atoms with Crippen LogP contribution in [0.15, 0.2) is 9.52 Å². The van der Waals surface area contributed by atoms with Crippen molar-refractivity contribution in [3.8, 4) is 0 Å². The minimum Gasteiger partial charge on any atom is -0.375 e. The topological polar surface area (TPSA) is 89.8 Å². The van der Waals surface area contributed by atoms with Crippen molar-refractivity contribution < 1.29 is 9.26 Å². The highest BCUT2D eigenvalue weighted by Crippen LogP contribution is 2.04. The lowest BCUT2D eigenvalue weighted by Gasteiger charge is -2.31. The fourth-order valence-electron chi connectivity index (χ4n) is 1.68. The summed E-state index contributed by atoms with van der Waals surface area (Å²) < 4.78 is 10.3. The molecular weight excluding hydrogens is 222 g/mol. The molecule has 0 aromatic carbocycles. The lowest BCUT2D eigenvalue weighted by molar-refractivity contribution is 0.00528. The molecule has 7 nitrogen and oxygen atoms in total. The number of morpholine rings is 1. The number of guanidine groups is 1. The summed E-state index contributed by atoms with van der Waals surface area (Å²) in [6, 6.07) is 0. The number of rotatable bonds is 2. The van der Waals surface area contributed by atoms with Crippen molar-refractivity contribution in [1.82, 2.24) is 15.0 Å². The second kappa shape index (κ2) is 5.13. The Balaban J connectivity index is 1.92. The number of aryl methyl sites for hydroxylation is 1. The zero-order valence-corrected chi connectivity index (χ0v) is 10.1. The highest BCUT2D eigenvalue weighted by atomic mass is 16.5. The van der Waals surface area contributed by atoms with Crippen molar-refractivity contribution >= 4 is 5.96 Å². The molecule has 94 valence electrons. The van der Waals surface area contributed by atoms with E-state index < -0.39 is 0 Å². The number of aromatic nitrogens is 2. The van der Waals surface area contributed by atoms with Crippen molar-refractivity contribution in [1.29, 1.82) is 0 Å². The fraction of sp³-hybridized carbons (Fsp3) is 0.700. The number of hydrogen-bond donors (Lipinski definition) is 1. The smallest absolute Gasteiger partial charge is 0.223 e. The Morgan fingerprint density at radius 3 is 3.12 bits per heavy atom. The van der Waals surface area contributed by atoms with E-state index in [2.05, 4.69) is 15.1 Å². The average molecular weight is 239 g/mol. The van der Waals surface area contributed by atoms with Gasteiger partial charge in [0.25, 0.3) is 0 Å². The van der Waals surface area contributed by atoms with Gasteiger partial charge in [-0.05, 0) is 6.92 Å². The Morgan fingerprint density at radius 2 is 2.47 bits per heavy atom. The normalized spacial score (nSPS) is 21.9. The van der Waals surface area contributed by atoms with E-state index >= 15 is 0 Å². The third-order valence-electron chi connectivity index (χ3n) is 2.52. The van der Waals surface area contributed by atoms with Crippen molar-refractivity contribution in [2.24, 2.45) is 10.7 Å². The van der Waals surface area contributed by atoms with Crippen LogP contribution in [0.4, 0.5) is 0 Å². The first kappa shape index (κ1) is 11.8. The molecule has 0 spiro atoms. The minimum absolute atomic E-state index is 0.185. The molecule has 0 saturated carbocycles. The average Bonchev–Trinajstić information content (AvgIpc) is 2.72. The maximum absolute atomic E-state index is 5.90. The van der Waals surface area contributed by atoms with Crippen LogP contribution < -0.4 is 5.73 Å². The van der Waals surface area contributed by atoms with Crippen LogP contribution in [-0.4, -0.2) is 46.8 Å². The van der Waals surface area contributed by atoms with Crippen LogP contribution in [0.3, 0.4) is 0 Å². The van der Waals surface area contributed by atoms with E-state index in [1.165, 1.54) is 0 Å². The molecule has 0 amide bonds. The lowest BCUT2D eigenvalue weighted by Crippen LogP contribution is -2.47. The molecule has 1 aliphatic rings. The number of hydrogen-bond acceptors (Lipinski definition) is 5. The van der Waals surface area contributed by atoms with E-state index in [4.69, 9.17) is 15.0 Å². The number of ether oxygens (including phenoxy) is 1. The molecule has 1 aromatic heterocycles. The Hall–Kier alpha value is -1.63. The second-order valence-corrected chi connectivity index (χ2v) is 4.03. The predicted octanol–water partition coefficient (Wildman–Crippen LogP) is -0.0866.